The summed E-state index contributed by atoms with van der Waals surface area (Å²) in [5, 5.41) is 10.3. The van der Waals surface area contributed by atoms with Crippen molar-refractivity contribution in [3.8, 4) is 0 Å². The third-order valence-corrected chi connectivity index (χ3v) is 3.73. The topological polar surface area (TPSA) is 83.5 Å². The molecule has 22 heavy (non-hydrogen) atoms. The van der Waals surface area contributed by atoms with Gasteiger partial charge in [-0.15, -0.1) is 0 Å². The minimum Gasteiger partial charge on any atom is -0.430 e. The van der Waals surface area contributed by atoms with Crippen molar-refractivity contribution < 1.29 is 33.6 Å². The number of methoxy groups -OCH3 is 1. The van der Waals surface area contributed by atoms with Crippen LogP contribution < -0.4 is 0 Å². The second kappa shape index (κ2) is 6.62. The molecular weight excluding hydrogens is 292 g/mol. The van der Waals surface area contributed by atoms with Gasteiger partial charge in [-0.2, -0.15) is 0 Å². The van der Waals surface area contributed by atoms with Crippen LogP contribution >= 0.6 is 0 Å². The second-order valence-electron chi connectivity index (χ2n) is 5.17. The highest BCUT2D eigenvalue weighted by Gasteiger charge is 2.51. The lowest BCUT2D eigenvalue weighted by Crippen LogP contribution is -2.42. The highest BCUT2D eigenvalue weighted by atomic mass is 16.8. The summed E-state index contributed by atoms with van der Waals surface area (Å²) in [6.45, 7) is 0.373. The minimum absolute atomic E-state index is 0.0673. The summed E-state index contributed by atoms with van der Waals surface area (Å²) in [5.74, 6) is 0. The maximum absolute atomic E-state index is 11.1. The number of carbonyl (C=O) groups excluding carboxylic acids is 1. The Bertz CT molecular complexity index is 506. The van der Waals surface area contributed by atoms with Gasteiger partial charge < -0.3 is 28.8 Å². The van der Waals surface area contributed by atoms with Crippen LogP contribution in [0.15, 0.2) is 30.3 Å². The van der Waals surface area contributed by atoms with E-state index in [4.69, 9.17) is 23.7 Å². The lowest BCUT2D eigenvalue weighted by molar-refractivity contribution is -0.160. The quantitative estimate of drug-likeness (QED) is 0.807. The molecule has 0 aromatic heterocycles. The molecule has 0 unspecified atom stereocenters. The summed E-state index contributed by atoms with van der Waals surface area (Å²) in [7, 11) is 1.43. The lowest BCUT2D eigenvalue weighted by atomic mass is 10.1. The minimum atomic E-state index is -0.974. The molecule has 2 heterocycles. The Labute approximate surface area is 127 Å². The van der Waals surface area contributed by atoms with E-state index < -0.39 is 36.9 Å². The average Bonchev–Trinajstić information content (AvgIpc) is 3.10. The maximum Gasteiger partial charge on any atom is 0.508 e. The van der Waals surface area contributed by atoms with Crippen LogP contribution in [0.3, 0.4) is 0 Å². The van der Waals surface area contributed by atoms with Gasteiger partial charge in [0.15, 0.2) is 12.4 Å². The Morgan fingerprint density at radius 2 is 2.09 bits per heavy atom. The molecule has 2 aliphatic heterocycles. The van der Waals surface area contributed by atoms with Crippen molar-refractivity contribution in [1.82, 2.24) is 0 Å². The van der Waals surface area contributed by atoms with Crippen LogP contribution in [0, 0.1) is 0 Å². The number of rotatable bonds is 5. The van der Waals surface area contributed by atoms with Gasteiger partial charge in [0.1, 0.15) is 24.9 Å². The molecule has 0 amide bonds. The van der Waals surface area contributed by atoms with Crippen LogP contribution in [-0.2, 0) is 30.3 Å². The standard InChI is InChI=1S/C15H18O7/c1-18-14-11(16)13(19-7-9-5-3-2-4-6-9)12(22-14)10-8-20-15(17)21-10/h2-6,10-14,16H,7-8H2,1H3/t10-,11-,12-,13-,14+/m1/s1. The van der Waals surface area contributed by atoms with Crippen LogP contribution in [0.1, 0.15) is 5.56 Å². The molecule has 7 nitrogen and oxygen atoms in total. The number of ether oxygens (including phenoxy) is 5. The highest BCUT2D eigenvalue weighted by molar-refractivity contribution is 5.62. The molecule has 2 fully saturated rings. The van der Waals surface area contributed by atoms with Gasteiger partial charge in [-0.1, -0.05) is 30.3 Å². The third-order valence-electron chi connectivity index (χ3n) is 3.73. The van der Waals surface area contributed by atoms with Crippen molar-refractivity contribution in [2.24, 2.45) is 0 Å². The first kappa shape index (κ1) is 15.2. The van der Waals surface area contributed by atoms with Crippen molar-refractivity contribution in [3.63, 3.8) is 0 Å². The molecule has 1 N–H and O–H groups in total. The molecule has 0 spiro atoms. The second-order valence-corrected chi connectivity index (χ2v) is 5.17. The van der Waals surface area contributed by atoms with Gasteiger partial charge in [-0.25, -0.2) is 4.79 Å². The zero-order valence-electron chi connectivity index (χ0n) is 12.1. The molecule has 0 radical (unpaired) electrons. The smallest absolute Gasteiger partial charge is 0.430 e. The number of carbonyl (C=O) groups is 1. The van der Waals surface area contributed by atoms with Gasteiger partial charge in [0.05, 0.1) is 6.61 Å². The summed E-state index contributed by atoms with van der Waals surface area (Å²) in [6, 6.07) is 9.56. The normalized spacial score (nSPS) is 34.5. The van der Waals surface area contributed by atoms with Gasteiger partial charge in [-0.05, 0) is 5.56 Å². The summed E-state index contributed by atoms with van der Waals surface area (Å²) in [6.07, 6.45) is -4.49. The van der Waals surface area contributed by atoms with Crippen LogP contribution in [0.2, 0.25) is 0 Å². The Kier molecular flexibility index (Phi) is 4.58. The highest BCUT2D eigenvalue weighted by Crippen LogP contribution is 2.30. The van der Waals surface area contributed by atoms with E-state index in [0.717, 1.165) is 5.56 Å². The van der Waals surface area contributed by atoms with E-state index in [2.05, 4.69) is 0 Å². The van der Waals surface area contributed by atoms with E-state index in [-0.39, 0.29) is 6.61 Å². The number of aliphatic hydroxyl groups excluding tert-OH is 1. The molecule has 120 valence electrons. The number of aliphatic hydroxyl groups is 1. The summed E-state index contributed by atoms with van der Waals surface area (Å²) in [4.78, 5) is 11.1. The Balaban J connectivity index is 1.68. The summed E-state index contributed by atoms with van der Waals surface area (Å²) < 4.78 is 26.3. The number of hydrogen-bond donors (Lipinski definition) is 1. The van der Waals surface area contributed by atoms with Gasteiger partial charge in [-0.3, -0.25) is 0 Å². The monoisotopic (exact) mass is 310 g/mol. The summed E-state index contributed by atoms with van der Waals surface area (Å²) >= 11 is 0. The van der Waals surface area contributed by atoms with Crippen LogP contribution in [0.5, 0.6) is 0 Å². The predicted molar refractivity (Wildman–Crippen MR) is 72.9 cm³/mol. The Morgan fingerprint density at radius 1 is 1.32 bits per heavy atom. The van der Waals surface area contributed by atoms with Crippen molar-refractivity contribution in [2.75, 3.05) is 13.7 Å². The van der Waals surface area contributed by atoms with E-state index in [1.165, 1.54) is 7.11 Å². The number of hydrogen-bond acceptors (Lipinski definition) is 7. The van der Waals surface area contributed by atoms with Crippen molar-refractivity contribution >= 4 is 6.16 Å². The molecule has 7 heteroatoms. The first-order chi connectivity index (χ1) is 10.7. The van der Waals surface area contributed by atoms with Crippen LogP contribution in [0.4, 0.5) is 4.79 Å². The number of benzene rings is 1. The van der Waals surface area contributed by atoms with E-state index in [1.54, 1.807) is 0 Å². The molecule has 0 aliphatic carbocycles. The first-order valence-corrected chi connectivity index (χ1v) is 7.04. The first-order valence-electron chi connectivity index (χ1n) is 7.04. The molecule has 0 saturated carbocycles. The zero-order chi connectivity index (χ0) is 15.5. The fourth-order valence-electron chi connectivity index (χ4n) is 2.62. The van der Waals surface area contributed by atoms with Crippen molar-refractivity contribution in [3.05, 3.63) is 35.9 Å². The molecule has 2 saturated heterocycles. The van der Waals surface area contributed by atoms with Gasteiger partial charge in [0.2, 0.25) is 0 Å². The molecule has 5 atom stereocenters. The van der Waals surface area contributed by atoms with Gasteiger partial charge in [0, 0.05) is 7.11 Å². The average molecular weight is 310 g/mol. The van der Waals surface area contributed by atoms with E-state index in [9.17, 15) is 9.90 Å². The predicted octanol–water partition coefficient (Wildman–Crippen LogP) is 0.839. The van der Waals surface area contributed by atoms with Crippen LogP contribution in [-0.4, -0.2) is 55.7 Å². The zero-order valence-corrected chi connectivity index (χ0v) is 12.1. The molecule has 1 aromatic rings. The fourth-order valence-corrected chi connectivity index (χ4v) is 2.62. The molecular formula is C15H18O7. The third kappa shape index (κ3) is 3.07. The van der Waals surface area contributed by atoms with Gasteiger partial charge in [0.25, 0.3) is 0 Å². The largest absolute Gasteiger partial charge is 0.508 e. The van der Waals surface area contributed by atoms with Crippen molar-refractivity contribution in [2.45, 2.75) is 37.3 Å². The maximum atomic E-state index is 11.1. The molecule has 1 aromatic carbocycles. The van der Waals surface area contributed by atoms with Crippen molar-refractivity contribution in [1.29, 1.82) is 0 Å². The van der Waals surface area contributed by atoms with E-state index in [0.29, 0.717) is 6.61 Å². The fraction of sp³-hybridized carbons (Fsp3) is 0.533. The van der Waals surface area contributed by atoms with E-state index >= 15 is 0 Å². The van der Waals surface area contributed by atoms with Gasteiger partial charge >= 0.3 is 6.16 Å². The SMILES string of the molecule is CO[C@H]1O[C@H]([C@H]2COC(=O)O2)[C@H](OCc2ccccc2)[C@H]1O. The lowest BCUT2D eigenvalue weighted by Gasteiger charge is -2.23. The Hall–Kier alpha value is -1.67. The van der Waals surface area contributed by atoms with E-state index in [1.807, 2.05) is 30.3 Å². The Morgan fingerprint density at radius 3 is 2.73 bits per heavy atom. The number of cyclic esters (lactones) is 2. The van der Waals surface area contributed by atoms with Crippen LogP contribution in [0.25, 0.3) is 0 Å². The molecule has 0 bridgehead atoms. The summed E-state index contributed by atoms with van der Waals surface area (Å²) in [5.41, 5.74) is 0.967. The molecule has 3 rings (SSSR count). The molecule has 2 aliphatic rings.